The Kier molecular flexibility index (Phi) is 12.2. The molecular weight excluding hydrogens is 617 g/mol. The molecule has 0 saturated carbocycles. The van der Waals surface area contributed by atoms with E-state index < -0.39 is 55.4 Å². The fourth-order valence-electron chi connectivity index (χ4n) is 4.64. The van der Waals surface area contributed by atoms with E-state index in [-0.39, 0.29) is 25.4 Å². The van der Waals surface area contributed by atoms with Crippen LogP contribution < -0.4 is 11.1 Å². The molecule has 234 valence electrons. The van der Waals surface area contributed by atoms with Crippen molar-refractivity contribution >= 4 is 46.8 Å². The molecule has 1 aliphatic heterocycles. The molecule has 0 unspecified atom stereocenters. The topological polar surface area (TPSA) is 116 Å². The zero-order chi connectivity index (χ0) is 31.7. The lowest BCUT2D eigenvalue weighted by Gasteiger charge is -2.31. The molecule has 1 heterocycles. The van der Waals surface area contributed by atoms with Crippen molar-refractivity contribution in [1.29, 1.82) is 0 Å². The van der Waals surface area contributed by atoms with Crippen LogP contribution in [0.1, 0.15) is 29.5 Å². The molecule has 3 rings (SSSR count). The van der Waals surface area contributed by atoms with E-state index in [4.69, 9.17) is 28.9 Å². The van der Waals surface area contributed by atoms with Crippen molar-refractivity contribution in [3.05, 3.63) is 69.2 Å². The summed E-state index contributed by atoms with van der Waals surface area (Å²) in [5, 5.41) is 3.76. The van der Waals surface area contributed by atoms with Gasteiger partial charge in [0.25, 0.3) is 0 Å². The third-order valence-corrected chi connectivity index (χ3v) is 7.62. The summed E-state index contributed by atoms with van der Waals surface area (Å²) in [6, 6.07) is 8.48. The van der Waals surface area contributed by atoms with E-state index in [0.29, 0.717) is 46.4 Å². The third kappa shape index (κ3) is 9.80. The first-order valence-corrected chi connectivity index (χ1v) is 14.1. The minimum Gasteiger partial charge on any atom is -0.368 e. The Morgan fingerprint density at radius 2 is 1.65 bits per heavy atom. The van der Waals surface area contributed by atoms with Crippen molar-refractivity contribution in [2.45, 2.75) is 38.0 Å². The van der Waals surface area contributed by atoms with Crippen LogP contribution in [0, 0.1) is 0 Å². The molecule has 15 heteroatoms. The quantitative estimate of drug-likeness (QED) is 0.255. The van der Waals surface area contributed by atoms with Gasteiger partial charge in [0.2, 0.25) is 23.6 Å². The molecule has 0 spiro atoms. The number of benzene rings is 2. The van der Waals surface area contributed by atoms with Crippen LogP contribution in [0.15, 0.2) is 42.5 Å². The van der Waals surface area contributed by atoms with Gasteiger partial charge in [-0.25, -0.2) is 4.39 Å². The largest absolute Gasteiger partial charge is 0.416 e. The standard InChI is InChI=1S/C28H31Cl2F4N5O4/c29-21-8-5-19(12-22(21)30)13-36-14-25(41)39-10-1-2-23(39)27(43)37(16-26(42)38(17-31)15-24(35)40)11-9-18-3-6-20(7-4-18)28(32,33)34/h3-8,12,23,36H,1-2,9-11,13-17H2,(H2,35,40)/t23-/m1/s1. The van der Waals surface area contributed by atoms with Gasteiger partial charge in [0.15, 0.2) is 6.80 Å². The van der Waals surface area contributed by atoms with Gasteiger partial charge in [-0.3, -0.25) is 19.2 Å². The SMILES string of the molecule is NC(=O)CN(CF)C(=O)CN(CCc1ccc(C(F)(F)F)cc1)C(=O)[C@H]1CCCN1C(=O)CNCc1ccc(Cl)c(Cl)c1. The van der Waals surface area contributed by atoms with Crippen LogP contribution in [-0.4, -0.2) is 83.9 Å². The van der Waals surface area contributed by atoms with E-state index in [2.05, 4.69) is 5.32 Å². The molecule has 1 saturated heterocycles. The van der Waals surface area contributed by atoms with Crippen LogP contribution in [0.5, 0.6) is 0 Å². The van der Waals surface area contributed by atoms with E-state index in [9.17, 15) is 36.7 Å². The maximum atomic E-state index is 13.7. The first-order chi connectivity index (χ1) is 20.3. The third-order valence-electron chi connectivity index (χ3n) is 6.88. The molecule has 3 N–H and O–H groups in total. The fourth-order valence-corrected chi connectivity index (χ4v) is 4.96. The van der Waals surface area contributed by atoms with Crippen molar-refractivity contribution in [2.24, 2.45) is 5.73 Å². The molecule has 2 aromatic carbocycles. The summed E-state index contributed by atoms with van der Waals surface area (Å²) in [6.45, 7) is -2.24. The highest BCUT2D eigenvalue weighted by atomic mass is 35.5. The molecular formula is C28H31Cl2F4N5O4. The number of likely N-dealkylation sites (tertiary alicyclic amines) is 1. The van der Waals surface area contributed by atoms with Crippen LogP contribution in [0.25, 0.3) is 0 Å². The van der Waals surface area contributed by atoms with Crippen molar-refractivity contribution in [1.82, 2.24) is 20.0 Å². The van der Waals surface area contributed by atoms with Gasteiger partial charge in [-0.05, 0) is 54.7 Å². The highest BCUT2D eigenvalue weighted by Crippen LogP contribution is 2.29. The zero-order valence-electron chi connectivity index (χ0n) is 23.0. The molecule has 0 radical (unpaired) electrons. The molecule has 1 atom stereocenters. The van der Waals surface area contributed by atoms with Crippen molar-refractivity contribution < 1.29 is 36.7 Å². The molecule has 4 amide bonds. The van der Waals surface area contributed by atoms with Gasteiger partial charge in [0.1, 0.15) is 12.6 Å². The summed E-state index contributed by atoms with van der Waals surface area (Å²) in [6.07, 6.45) is -3.60. The summed E-state index contributed by atoms with van der Waals surface area (Å²) in [4.78, 5) is 53.9. The summed E-state index contributed by atoms with van der Waals surface area (Å²) in [5.41, 5.74) is 5.51. The Morgan fingerprint density at radius 1 is 0.977 bits per heavy atom. The molecule has 0 aliphatic carbocycles. The lowest BCUT2D eigenvalue weighted by molar-refractivity contribution is -0.147. The molecule has 0 aromatic heterocycles. The number of rotatable bonds is 13. The Hall–Kier alpha value is -3.42. The second-order valence-electron chi connectivity index (χ2n) is 9.98. The van der Waals surface area contributed by atoms with E-state index in [1.54, 1.807) is 18.2 Å². The summed E-state index contributed by atoms with van der Waals surface area (Å²) in [7, 11) is 0. The number of nitrogens with two attached hydrogens (primary N) is 1. The summed E-state index contributed by atoms with van der Waals surface area (Å²) < 4.78 is 52.3. The maximum Gasteiger partial charge on any atom is 0.416 e. The molecule has 1 aliphatic rings. The van der Waals surface area contributed by atoms with E-state index in [1.807, 2.05) is 0 Å². The van der Waals surface area contributed by atoms with Crippen LogP contribution >= 0.6 is 23.2 Å². The Morgan fingerprint density at radius 3 is 2.26 bits per heavy atom. The van der Waals surface area contributed by atoms with Gasteiger partial charge in [-0.2, -0.15) is 13.2 Å². The van der Waals surface area contributed by atoms with Gasteiger partial charge in [-0.1, -0.05) is 41.4 Å². The minimum absolute atomic E-state index is 0.0779. The number of halogens is 6. The number of primary amides is 1. The number of carbonyl (C=O) groups excluding carboxylic acids is 4. The number of hydrogen-bond donors (Lipinski definition) is 2. The normalized spacial score (nSPS) is 14.9. The predicted octanol–water partition coefficient (Wildman–Crippen LogP) is 3.41. The van der Waals surface area contributed by atoms with E-state index in [0.717, 1.165) is 22.6 Å². The minimum atomic E-state index is -4.52. The first-order valence-electron chi connectivity index (χ1n) is 13.3. The molecule has 9 nitrogen and oxygen atoms in total. The van der Waals surface area contributed by atoms with Crippen LogP contribution in [0.3, 0.4) is 0 Å². The highest BCUT2D eigenvalue weighted by molar-refractivity contribution is 6.42. The Bertz CT molecular complexity index is 1310. The first kappa shape index (κ1) is 34.1. The molecule has 43 heavy (non-hydrogen) atoms. The lowest BCUT2D eigenvalue weighted by atomic mass is 10.1. The second-order valence-corrected chi connectivity index (χ2v) is 10.8. The number of alkyl halides is 4. The summed E-state index contributed by atoms with van der Waals surface area (Å²) >= 11 is 12.0. The molecule has 1 fully saturated rings. The number of amides is 4. The summed E-state index contributed by atoms with van der Waals surface area (Å²) in [5.74, 6) is -2.77. The molecule has 2 aromatic rings. The zero-order valence-corrected chi connectivity index (χ0v) is 24.5. The van der Waals surface area contributed by atoms with Gasteiger partial charge >= 0.3 is 6.18 Å². The fraction of sp³-hybridized carbons (Fsp3) is 0.429. The van der Waals surface area contributed by atoms with Crippen LogP contribution in [0.2, 0.25) is 10.0 Å². The number of hydrogen-bond acceptors (Lipinski definition) is 5. The number of nitrogens with zero attached hydrogens (tertiary/aromatic N) is 3. The second kappa shape index (κ2) is 15.3. The monoisotopic (exact) mass is 647 g/mol. The Labute approximate surface area is 255 Å². The highest BCUT2D eigenvalue weighted by Gasteiger charge is 2.37. The molecule has 0 bridgehead atoms. The average molecular weight is 648 g/mol. The number of nitrogens with one attached hydrogen (secondary N) is 1. The van der Waals surface area contributed by atoms with Crippen LogP contribution in [0.4, 0.5) is 17.6 Å². The maximum absolute atomic E-state index is 13.7. The average Bonchev–Trinajstić information content (AvgIpc) is 3.45. The van der Waals surface area contributed by atoms with Gasteiger partial charge < -0.3 is 25.8 Å². The van der Waals surface area contributed by atoms with Crippen LogP contribution in [-0.2, 0) is 38.3 Å². The van der Waals surface area contributed by atoms with Crippen molar-refractivity contribution in [2.75, 3.05) is 39.5 Å². The van der Waals surface area contributed by atoms with Gasteiger partial charge in [0, 0.05) is 19.6 Å². The number of carbonyl (C=O) groups is 4. The van der Waals surface area contributed by atoms with E-state index in [1.165, 1.54) is 17.0 Å². The smallest absolute Gasteiger partial charge is 0.368 e. The van der Waals surface area contributed by atoms with E-state index >= 15 is 0 Å². The Balaban J connectivity index is 1.71. The lowest BCUT2D eigenvalue weighted by Crippen LogP contribution is -2.53. The van der Waals surface area contributed by atoms with Crippen molar-refractivity contribution in [3.63, 3.8) is 0 Å². The predicted molar refractivity (Wildman–Crippen MR) is 152 cm³/mol. The van der Waals surface area contributed by atoms with Gasteiger partial charge in [-0.15, -0.1) is 0 Å². The van der Waals surface area contributed by atoms with Gasteiger partial charge in [0.05, 0.1) is 28.7 Å². The van der Waals surface area contributed by atoms with Crippen molar-refractivity contribution in [3.8, 4) is 0 Å².